The Morgan fingerprint density at radius 2 is 1.86 bits per heavy atom. The summed E-state index contributed by atoms with van der Waals surface area (Å²) in [4.78, 5) is 11.7. The molecule has 0 aliphatic heterocycles. The Labute approximate surface area is 87.4 Å². The molecule has 1 amide bonds. The van der Waals surface area contributed by atoms with Gasteiger partial charge in [-0.1, -0.05) is 27.2 Å². The number of carbonyl (C=O) groups is 1. The van der Waals surface area contributed by atoms with E-state index in [-0.39, 0.29) is 11.9 Å². The van der Waals surface area contributed by atoms with Crippen LogP contribution in [0.4, 0.5) is 0 Å². The van der Waals surface area contributed by atoms with Crippen LogP contribution in [0.3, 0.4) is 0 Å². The van der Waals surface area contributed by atoms with Crippen molar-refractivity contribution in [2.75, 3.05) is 0 Å². The van der Waals surface area contributed by atoms with Crippen molar-refractivity contribution in [3.05, 3.63) is 0 Å². The molecule has 0 bridgehead atoms. The minimum absolute atomic E-state index is 0.0203. The molecule has 3 N–H and O–H groups in total. The molecule has 0 radical (unpaired) electrons. The maximum absolute atomic E-state index is 11.7. The van der Waals surface area contributed by atoms with E-state index in [9.17, 15) is 4.79 Å². The fraction of sp³-hybridized carbons (Fsp3) is 0.909. The number of hydrogen-bond acceptors (Lipinski definition) is 2. The summed E-state index contributed by atoms with van der Waals surface area (Å²) in [6, 6.07) is 0.266. The van der Waals surface area contributed by atoms with Crippen LogP contribution in [0.25, 0.3) is 0 Å². The van der Waals surface area contributed by atoms with Gasteiger partial charge in [0.1, 0.15) is 0 Å². The Hall–Kier alpha value is -0.570. The minimum atomic E-state index is -0.711. The molecule has 0 saturated heterocycles. The van der Waals surface area contributed by atoms with Crippen molar-refractivity contribution in [1.29, 1.82) is 0 Å². The van der Waals surface area contributed by atoms with E-state index in [0.717, 1.165) is 25.7 Å². The number of amides is 1. The van der Waals surface area contributed by atoms with Gasteiger partial charge in [-0.15, -0.1) is 0 Å². The summed E-state index contributed by atoms with van der Waals surface area (Å²) in [5.74, 6) is -0.0203. The third-order valence-corrected chi connectivity index (χ3v) is 2.61. The fourth-order valence-electron chi connectivity index (χ4n) is 1.48. The molecule has 0 heterocycles. The zero-order chi connectivity index (χ0) is 11.2. The van der Waals surface area contributed by atoms with Crippen LogP contribution in [0.2, 0.25) is 0 Å². The summed E-state index contributed by atoms with van der Waals surface area (Å²) < 4.78 is 0. The minimum Gasteiger partial charge on any atom is -0.352 e. The van der Waals surface area contributed by atoms with Crippen molar-refractivity contribution in [3.63, 3.8) is 0 Å². The van der Waals surface area contributed by atoms with Gasteiger partial charge in [-0.2, -0.15) is 0 Å². The van der Waals surface area contributed by atoms with Gasteiger partial charge in [0.2, 0.25) is 5.91 Å². The van der Waals surface area contributed by atoms with Gasteiger partial charge in [0.25, 0.3) is 0 Å². The predicted molar refractivity (Wildman–Crippen MR) is 60.0 cm³/mol. The van der Waals surface area contributed by atoms with E-state index < -0.39 is 5.54 Å². The summed E-state index contributed by atoms with van der Waals surface area (Å²) in [5.41, 5.74) is 5.21. The highest BCUT2D eigenvalue weighted by Crippen LogP contribution is 2.09. The normalized spacial score (nSPS) is 15.3. The summed E-state index contributed by atoms with van der Waals surface area (Å²) in [6.45, 7) is 7.98. The van der Waals surface area contributed by atoms with Gasteiger partial charge in [-0.05, 0) is 26.2 Å². The summed E-state index contributed by atoms with van der Waals surface area (Å²) in [5, 5.41) is 2.98. The van der Waals surface area contributed by atoms with E-state index in [4.69, 9.17) is 5.73 Å². The van der Waals surface area contributed by atoms with Crippen LogP contribution in [0, 0.1) is 0 Å². The Morgan fingerprint density at radius 3 is 2.21 bits per heavy atom. The van der Waals surface area contributed by atoms with Crippen LogP contribution < -0.4 is 11.1 Å². The van der Waals surface area contributed by atoms with Crippen LogP contribution in [0.15, 0.2) is 0 Å². The van der Waals surface area contributed by atoms with Gasteiger partial charge in [0.05, 0.1) is 5.54 Å². The first-order valence-electron chi connectivity index (χ1n) is 5.57. The Balaban J connectivity index is 4.17. The molecule has 0 aromatic rings. The largest absolute Gasteiger partial charge is 0.352 e. The number of hydrogen-bond donors (Lipinski definition) is 2. The molecule has 0 aromatic heterocycles. The van der Waals surface area contributed by atoms with Gasteiger partial charge in [-0.25, -0.2) is 0 Å². The molecule has 0 aromatic carbocycles. The van der Waals surface area contributed by atoms with Gasteiger partial charge in [0, 0.05) is 6.04 Å². The molecule has 84 valence electrons. The van der Waals surface area contributed by atoms with Crippen molar-refractivity contribution in [2.45, 2.75) is 65.0 Å². The lowest BCUT2D eigenvalue weighted by Crippen LogP contribution is -2.53. The summed E-state index contributed by atoms with van der Waals surface area (Å²) >= 11 is 0. The number of nitrogens with two attached hydrogens (primary N) is 1. The van der Waals surface area contributed by atoms with Crippen LogP contribution >= 0.6 is 0 Å². The summed E-state index contributed by atoms with van der Waals surface area (Å²) in [7, 11) is 0. The Morgan fingerprint density at radius 1 is 1.36 bits per heavy atom. The van der Waals surface area contributed by atoms with Crippen LogP contribution in [0.5, 0.6) is 0 Å². The van der Waals surface area contributed by atoms with Crippen LogP contribution in [0.1, 0.15) is 53.4 Å². The second-order valence-corrected chi connectivity index (χ2v) is 4.15. The number of rotatable bonds is 6. The van der Waals surface area contributed by atoms with E-state index in [1.54, 1.807) is 6.92 Å². The molecule has 1 unspecified atom stereocenters. The van der Waals surface area contributed by atoms with Gasteiger partial charge in [0.15, 0.2) is 0 Å². The third kappa shape index (κ3) is 4.09. The average Bonchev–Trinajstić information content (AvgIpc) is 2.13. The molecule has 3 heteroatoms. The second-order valence-electron chi connectivity index (χ2n) is 4.15. The average molecular weight is 200 g/mol. The highest BCUT2D eigenvalue weighted by atomic mass is 16.2. The fourth-order valence-corrected chi connectivity index (χ4v) is 1.48. The lowest BCUT2D eigenvalue weighted by Gasteiger charge is -2.26. The van der Waals surface area contributed by atoms with Crippen LogP contribution in [-0.2, 0) is 4.79 Å². The zero-order valence-electron chi connectivity index (χ0n) is 9.89. The molecule has 0 fully saturated rings. The molecule has 0 aliphatic carbocycles. The molecule has 0 aliphatic rings. The smallest absolute Gasteiger partial charge is 0.240 e. The predicted octanol–water partition coefficient (Wildman–Crippen LogP) is 1.81. The first-order valence-corrected chi connectivity index (χ1v) is 5.57. The highest BCUT2D eigenvalue weighted by Gasteiger charge is 2.27. The van der Waals surface area contributed by atoms with E-state index >= 15 is 0 Å². The monoisotopic (exact) mass is 200 g/mol. The topological polar surface area (TPSA) is 55.1 Å². The van der Waals surface area contributed by atoms with E-state index in [1.165, 1.54) is 0 Å². The van der Waals surface area contributed by atoms with Crippen molar-refractivity contribution in [2.24, 2.45) is 5.73 Å². The van der Waals surface area contributed by atoms with Crippen molar-refractivity contribution in [3.8, 4) is 0 Å². The Kier molecular flexibility index (Phi) is 5.77. The molecule has 0 rings (SSSR count). The van der Waals surface area contributed by atoms with Crippen molar-refractivity contribution >= 4 is 5.91 Å². The zero-order valence-corrected chi connectivity index (χ0v) is 9.89. The molecule has 3 nitrogen and oxygen atoms in total. The van der Waals surface area contributed by atoms with Crippen LogP contribution in [-0.4, -0.2) is 17.5 Å². The quantitative estimate of drug-likeness (QED) is 0.687. The first-order chi connectivity index (χ1) is 6.47. The molecular formula is C11H24N2O. The summed E-state index contributed by atoms with van der Waals surface area (Å²) in [6.07, 6.45) is 3.59. The molecule has 1 atom stereocenters. The van der Waals surface area contributed by atoms with Crippen molar-refractivity contribution in [1.82, 2.24) is 5.32 Å². The molecule has 0 saturated carbocycles. The third-order valence-electron chi connectivity index (χ3n) is 2.61. The van der Waals surface area contributed by atoms with Gasteiger partial charge in [-0.3, -0.25) is 4.79 Å². The number of nitrogens with one attached hydrogen (secondary N) is 1. The SMILES string of the molecule is CCCC(C)(N)C(=O)NC(CC)CC. The van der Waals surface area contributed by atoms with Gasteiger partial charge >= 0.3 is 0 Å². The molecule has 0 spiro atoms. The maximum atomic E-state index is 11.7. The van der Waals surface area contributed by atoms with Crippen molar-refractivity contribution < 1.29 is 4.79 Å². The van der Waals surface area contributed by atoms with E-state index in [0.29, 0.717) is 0 Å². The molecular weight excluding hydrogens is 176 g/mol. The van der Waals surface area contributed by atoms with E-state index in [1.807, 2.05) is 6.92 Å². The second kappa shape index (κ2) is 6.02. The number of carbonyl (C=O) groups excluding carboxylic acids is 1. The standard InChI is InChI=1S/C11H24N2O/c1-5-8-11(4,12)10(14)13-9(6-2)7-3/h9H,5-8,12H2,1-4H3,(H,13,14). The van der Waals surface area contributed by atoms with E-state index in [2.05, 4.69) is 19.2 Å². The highest BCUT2D eigenvalue weighted by molar-refractivity contribution is 5.85. The lowest BCUT2D eigenvalue weighted by molar-refractivity contribution is -0.126. The Bertz CT molecular complexity index is 174. The van der Waals surface area contributed by atoms with Gasteiger partial charge < -0.3 is 11.1 Å². The lowest BCUT2D eigenvalue weighted by atomic mass is 9.96. The molecule has 14 heavy (non-hydrogen) atoms. The first kappa shape index (κ1) is 13.4. The maximum Gasteiger partial charge on any atom is 0.240 e.